The number of esters is 1. The van der Waals surface area contributed by atoms with Crippen LogP contribution in [0.4, 0.5) is 4.79 Å². The van der Waals surface area contributed by atoms with Crippen molar-refractivity contribution in [3.63, 3.8) is 0 Å². The Kier molecular flexibility index (Phi) is 12.1. The molecule has 0 aliphatic rings. The Balaban J connectivity index is 4.49. The molecule has 0 unspecified atom stereocenters. The number of carbonyl (C=O) groups is 3. The van der Waals surface area contributed by atoms with Crippen molar-refractivity contribution in [2.75, 3.05) is 12.3 Å². The number of ether oxygens (including phenoxy) is 2. The fourth-order valence-corrected chi connectivity index (χ4v) is 3.15. The quantitative estimate of drug-likeness (QED) is 0.397. The lowest BCUT2D eigenvalue weighted by Crippen LogP contribution is -2.39. The first-order chi connectivity index (χ1) is 11.7. The summed E-state index contributed by atoms with van der Waals surface area (Å²) in [5.74, 6) is -0.466. The van der Waals surface area contributed by atoms with Crippen LogP contribution in [0.2, 0.25) is 0 Å². The highest BCUT2D eigenvalue weighted by atomic mass is 32.2. The summed E-state index contributed by atoms with van der Waals surface area (Å²) >= 11 is 1.31. The number of amides is 1. The molecule has 7 nitrogen and oxygen atoms in total. The topological polar surface area (TPSA) is 102 Å². The van der Waals surface area contributed by atoms with Gasteiger partial charge in [-0.05, 0) is 11.7 Å². The Bertz CT molecular complexity index is 425. The highest BCUT2D eigenvalue weighted by molar-refractivity contribution is 8.00. The van der Waals surface area contributed by atoms with Gasteiger partial charge < -0.3 is 19.9 Å². The van der Waals surface area contributed by atoms with E-state index in [4.69, 9.17) is 9.47 Å². The highest BCUT2D eigenvalue weighted by Gasteiger charge is 2.24. The number of carboxylic acids is 1. The summed E-state index contributed by atoms with van der Waals surface area (Å²) in [5, 5.41) is 11.0. The smallest absolute Gasteiger partial charge is 0.410 e. The molecule has 0 aromatic rings. The van der Waals surface area contributed by atoms with Crippen LogP contribution in [0, 0.1) is 11.8 Å². The van der Waals surface area contributed by atoms with Crippen LogP contribution >= 0.6 is 11.8 Å². The summed E-state index contributed by atoms with van der Waals surface area (Å²) in [7, 11) is 0. The lowest BCUT2D eigenvalue weighted by Gasteiger charge is -2.22. The third-order valence-electron chi connectivity index (χ3n) is 3.70. The molecule has 8 heteroatoms. The predicted molar refractivity (Wildman–Crippen MR) is 97.4 cm³/mol. The molecule has 0 rings (SSSR count). The van der Waals surface area contributed by atoms with Crippen molar-refractivity contribution in [2.45, 2.75) is 65.4 Å². The summed E-state index contributed by atoms with van der Waals surface area (Å²) in [6.45, 7) is 9.26. The molecule has 0 spiro atoms. The number of hydrogen-bond acceptors (Lipinski definition) is 6. The Morgan fingerprint density at radius 1 is 1.08 bits per heavy atom. The van der Waals surface area contributed by atoms with Crippen molar-refractivity contribution >= 4 is 29.8 Å². The van der Waals surface area contributed by atoms with E-state index in [0.717, 1.165) is 18.6 Å². The van der Waals surface area contributed by atoms with Gasteiger partial charge in [-0.25, -0.2) is 4.79 Å². The first-order valence-electron chi connectivity index (χ1n) is 8.73. The second kappa shape index (κ2) is 12.9. The van der Waals surface area contributed by atoms with Crippen LogP contribution in [-0.4, -0.2) is 47.0 Å². The van der Waals surface area contributed by atoms with E-state index >= 15 is 0 Å². The van der Waals surface area contributed by atoms with Crippen LogP contribution in [0.5, 0.6) is 0 Å². The number of alkyl carbamates (subject to hydrolysis) is 1. The molecule has 2 N–H and O–H groups in total. The Hall–Kier alpha value is -1.44. The van der Waals surface area contributed by atoms with Crippen molar-refractivity contribution in [1.82, 2.24) is 5.32 Å². The normalized spacial score (nSPS) is 13.4. The molecule has 0 aliphatic carbocycles. The van der Waals surface area contributed by atoms with Crippen molar-refractivity contribution < 1.29 is 29.0 Å². The monoisotopic (exact) mass is 377 g/mol. The van der Waals surface area contributed by atoms with E-state index in [1.807, 2.05) is 0 Å². The van der Waals surface area contributed by atoms with Gasteiger partial charge in [0.15, 0.2) is 0 Å². The second-order valence-electron chi connectivity index (χ2n) is 6.08. The molecule has 0 radical (unpaired) electrons. The van der Waals surface area contributed by atoms with Gasteiger partial charge in [-0.15, -0.1) is 11.8 Å². The fraction of sp³-hybridized carbons (Fsp3) is 0.824. The van der Waals surface area contributed by atoms with Crippen molar-refractivity contribution in [1.29, 1.82) is 0 Å². The number of carboxylic acid groups (broad SMARTS) is 1. The molecule has 0 bridgehead atoms. The summed E-state index contributed by atoms with van der Waals surface area (Å²) in [6, 6.07) is 0. The molecule has 146 valence electrons. The fourth-order valence-electron chi connectivity index (χ4n) is 1.83. The van der Waals surface area contributed by atoms with E-state index in [9.17, 15) is 19.5 Å². The summed E-state index contributed by atoms with van der Waals surface area (Å²) in [5.41, 5.74) is 0. The highest BCUT2D eigenvalue weighted by Crippen LogP contribution is 2.20. The molecule has 0 heterocycles. The maximum Gasteiger partial charge on any atom is 0.410 e. The number of aliphatic carboxylic acids is 1. The zero-order valence-electron chi connectivity index (χ0n) is 15.7. The van der Waals surface area contributed by atoms with Crippen molar-refractivity contribution in [3.8, 4) is 0 Å². The lowest BCUT2D eigenvalue weighted by molar-refractivity contribution is -0.174. The van der Waals surface area contributed by atoms with Gasteiger partial charge >= 0.3 is 18.0 Å². The van der Waals surface area contributed by atoms with Gasteiger partial charge in [0.1, 0.15) is 5.25 Å². The first kappa shape index (κ1) is 23.6. The van der Waals surface area contributed by atoms with Crippen LogP contribution in [0.3, 0.4) is 0 Å². The molecule has 0 saturated carbocycles. The van der Waals surface area contributed by atoms with E-state index in [-0.39, 0.29) is 18.9 Å². The second-order valence-corrected chi connectivity index (χ2v) is 7.32. The number of rotatable bonds is 12. The zero-order valence-corrected chi connectivity index (χ0v) is 16.6. The zero-order chi connectivity index (χ0) is 19.4. The van der Waals surface area contributed by atoms with Gasteiger partial charge in [0.2, 0.25) is 0 Å². The van der Waals surface area contributed by atoms with Gasteiger partial charge in [-0.3, -0.25) is 9.59 Å². The largest absolute Gasteiger partial charge is 0.480 e. The Morgan fingerprint density at radius 3 is 2.12 bits per heavy atom. The maximum absolute atomic E-state index is 11.9. The van der Waals surface area contributed by atoms with E-state index in [0.29, 0.717) is 5.92 Å². The third-order valence-corrected chi connectivity index (χ3v) is 5.13. The molecule has 0 saturated heterocycles. The van der Waals surface area contributed by atoms with Crippen LogP contribution < -0.4 is 5.32 Å². The van der Waals surface area contributed by atoms with Crippen LogP contribution in [0.25, 0.3) is 0 Å². The Morgan fingerprint density at radius 2 is 1.68 bits per heavy atom. The van der Waals surface area contributed by atoms with Crippen LogP contribution in [-0.2, 0) is 19.1 Å². The SMILES string of the molecule is CCC(=O)O[C@@H](OC(=O)NC[C@H](SCC(CC)CC)C(=O)O)C(C)C. The summed E-state index contributed by atoms with van der Waals surface area (Å²) < 4.78 is 10.1. The van der Waals surface area contributed by atoms with Crippen molar-refractivity contribution in [2.24, 2.45) is 11.8 Å². The van der Waals surface area contributed by atoms with Crippen LogP contribution in [0.1, 0.15) is 53.9 Å². The molecule has 0 aromatic heterocycles. The number of thioether (sulfide) groups is 1. The van der Waals surface area contributed by atoms with E-state index in [1.165, 1.54) is 11.8 Å². The molecular formula is C17H31NO6S. The van der Waals surface area contributed by atoms with Gasteiger partial charge in [0.05, 0.1) is 0 Å². The molecule has 0 aromatic carbocycles. The Labute approximate surface area is 154 Å². The molecule has 0 fully saturated rings. The standard InChI is InChI=1S/C17H31NO6S/c1-6-12(7-2)10-25-13(15(20)21)9-18-17(22)24-16(11(4)5)23-14(19)8-3/h11-13,16H,6-10H2,1-5H3,(H,18,22)(H,20,21)/t13-,16-/m0/s1. The molecule has 1 amide bonds. The minimum Gasteiger partial charge on any atom is -0.480 e. The van der Waals surface area contributed by atoms with Gasteiger partial charge in [0, 0.05) is 18.9 Å². The number of carbonyl (C=O) groups excluding carboxylic acids is 2. The maximum atomic E-state index is 11.9. The van der Waals surface area contributed by atoms with E-state index in [1.54, 1.807) is 20.8 Å². The molecule has 0 aliphatic heterocycles. The van der Waals surface area contributed by atoms with Gasteiger partial charge in [0.25, 0.3) is 6.29 Å². The average Bonchev–Trinajstić information content (AvgIpc) is 2.56. The van der Waals surface area contributed by atoms with E-state index in [2.05, 4.69) is 19.2 Å². The van der Waals surface area contributed by atoms with Gasteiger partial charge in [-0.2, -0.15) is 0 Å². The first-order valence-corrected chi connectivity index (χ1v) is 9.78. The summed E-state index contributed by atoms with van der Waals surface area (Å²) in [4.78, 5) is 34.6. The number of nitrogens with one attached hydrogen (secondary N) is 1. The number of hydrogen-bond donors (Lipinski definition) is 2. The third kappa shape index (κ3) is 10.2. The van der Waals surface area contributed by atoms with E-state index < -0.39 is 29.6 Å². The predicted octanol–water partition coefficient (Wildman–Crippen LogP) is 3.27. The van der Waals surface area contributed by atoms with Crippen LogP contribution in [0.15, 0.2) is 0 Å². The molecular weight excluding hydrogens is 346 g/mol. The van der Waals surface area contributed by atoms with Crippen molar-refractivity contribution in [3.05, 3.63) is 0 Å². The van der Waals surface area contributed by atoms with Gasteiger partial charge in [-0.1, -0.05) is 47.5 Å². The molecule has 2 atom stereocenters. The minimum absolute atomic E-state index is 0.0501. The minimum atomic E-state index is -0.993. The molecule has 25 heavy (non-hydrogen) atoms. The summed E-state index contributed by atoms with van der Waals surface area (Å²) in [6.07, 6.45) is 0.376. The lowest BCUT2D eigenvalue weighted by atomic mass is 10.1. The average molecular weight is 378 g/mol.